The maximum absolute atomic E-state index is 12.8. The van der Waals surface area contributed by atoms with E-state index in [0.29, 0.717) is 0 Å². The summed E-state index contributed by atoms with van der Waals surface area (Å²) in [5, 5.41) is 0.612. The summed E-state index contributed by atoms with van der Waals surface area (Å²) in [6.07, 6.45) is 4.07. The van der Waals surface area contributed by atoms with E-state index in [9.17, 15) is 4.79 Å². The minimum Gasteiger partial charge on any atom is -0.497 e. The van der Waals surface area contributed by atoms with Crippen LogP contribution in [0.4, 0.5) is 0 Å². The molecule has 2 heterocycles. The molecule has 29 heavy (non-hydrogen) atoms. The molecule has 4 rings (SSSR count). The number of amides is 1. The molecule has 0 aliphatic carbocycles. The Morgan fingerprint density at radius 2 is 1.86 bits per heavy atom. The minimum atomic E-state index is -0.191. The van der Waals surface area contributed by atoms with Gasteiger partial charge in [0.2, 0.25) is 5.91 Å². The molecule has 6 heteroatoms. The summed E-state index contributed by atoms with van der Waals surface area (Å²) in [4.78, 5) is 19.5. The fourth-order valence-electron chi connectivity index (χ4n) is 3.63. The first-order valence-electron chi connectivity index (χ1n) is 9.90. The van der Waals surface area contributed by atoms with Crippen LogP contribution in [0.15, 0.2) is 66.0 Å². The van der Waals surface area contributed by atoms with E-state index in [1.807, 2.05) is 60.5 Å². The lowest BCUT2D eigenvalue weighted by molar-refractivity contribution is -0.129. The highest BCUT2D eigenvalue weighted by atomic mass is 32.2. The second-order valence-electron chi connectivity index (χ2n) is 7.12. The summed E-state index contributed by atoms with van der Waals surface area (Å²) in [6.45, 7) is 3.70. The average Bonchev–Trinajstić information content (AvgIpc) is 3.44. The molecule has 0 radical (unpaired) electrons. The Kier molecular flexibility index (Phi) is 5.90. The van der Waals surface area contributed by atoms with Crippen LogP contribution in [0, 0.1) is 0 Å². The van der Waals surface area contributed by atoms with Gasteiger partial charge in [0.05, 0.1) is 29.9 Å². The molecule has 1 saturated heterocycles. The van der Waals surface area contributed by atoms with Crippen molar-refractivity contribution >= 4 is 17.7 Å². The third-order valence-electron chi connectivity index (χ3n) is 5.16. The van der Waals surface area contributed by atoms with Crippen LogP contribution < -0.4 is 4.74 Å². The normalized spacial score (nSPS) is 14.8. The van der Waals surface area contributed by atoms with E-state index in [4.69, 9.17) is 4.74 Å². The van der Waals surface area contributed by atoms with E-state index in [1.165, 1.54) is 11.8 Å². The number of thioether (sulfide) groups is 1. The van der Waals surface area contributed by atoms with E-state index in [0.717, 1.165) is 53.8 Å². The van der Waals surface area contributed by atoms with Gasteiger partial charge in [-0.1, -0.05) is 48.2 Å². The number of likely N-dealkylation sites (tertiary alicyclic amines) is 1. The number of carbonyl (C=O) groups is 1. The maximum atomic E-state index is 12.8. The predicted molar refractivity (Wildman–Crippen MR) is 117 cm³/mol. The van der Waals surface area contributed by atoms with Crippen LogP contribution >= 0.6 is 11.8 Å². The van der Waals surface area contributed by atoms with Crippen LogP contribution in [0.1, 0.15) is 19.8 Å². The van der Waals surface area contributed by atoms with Crippen molar-refractivity contribution in [3.8, 4) is 22.7 Å². The number of ether oxygens (including phenoxy) is 1. The predicted octanol–water partition coefficient (Wildman–Crippen LogP) is 4.65. The van der Waals surface area contributed by atoms with Gasteiger partial charge in [-0.2, -0.15) is 0 Å². The summed E-state index contributed by atoms with van der Waals surface area (Å²) in [7, 11) is 1.66. The molecule has 1 aliphatic rings. The van der Waals surface area contributed by atoms with Crippen molar-refractivity contribution in [3.05, 3.63) is 60.8 Å². The Labute approximate surface area is 175 Å². The molecule has 2 aromatic carbocycles. The molecule has 0 spiro atoms. The fourth-order valence-corrected chi connectivity index (χ4v) is 4.62. The number of benzene rings is 2. The lowest BCUT2D eigenvalue weighted by atomic mass is 10.1. The SMILES string of the molecule is COc1cccc(-n2c(-c3ccccc3)cnc2SC(C)C(=O)N2CCCC2)c1. The molecule has 1 aromatic heterocycles. The van der Waals surface area contributed by atoms with Gasteiger partial charge in [0, 0.05) is 24.7 Å². The molecule has 1 fully saturated rings. The first-order chi connectivity index (χ1) is 14.2. The van der Waals surface area contributed by atoms with Gasteiger partial charge in [-0.3, -0.25) is 9.36 Å². The second kappa shape index (κ2) is 8.74. The van der Waals surface area contributed by atoms with E-state index < -0.39 is 0 Å². The largest absolute Gasteiger partial charge is 0.497 e. The topological polar surface area (TPSA) is 47.4 Å². The zero-order chi connectivity index (χ0) is 20.2. The molecular weight excluding hydrogens is 382 g/mol. The first kappa shape index (κ1) is 19.6. The van der Waals surface area contributed by atoms with Gasteiger partial charge in [0.1, 0.15) is 5.75 Å². The third kappa shape index (κ3) is 4.17. The van der Waals surface area contributed by atoms with Crippen molar-refractivity contribution in [1.29, 1.82) is 0 Å². The summed E-state index contributed by atoms with van der Waals surface area (Å²) >= 11 is 1.51. The van der Waals surface area contributed by atoms with Crippen molar-refractivity contribution in [3.63, 3.8) is 0 Å². The molecule has 150 valence electrons. The van der Waals surface area contributed by atoms with Crippen molar-refractivity contribution < 1.29 is 9.53 Å². The van der Waals surface area contributed by atoms with Crippen LogP contribution in [0.5, 0.6) is 5.75 Å². The number of methoxy groups -OCH3 is 1. The van der Waals surface area contributed by atoms with Crippen molar-refractivity contribution in [1.82, 2.24) is 14.5 Å². The fraction of sp³-hybridized carbons (Fsp3) is 0.304. The number of imidazole rings is 1. The average molecular weight is 408 g/mol. The van der Waals surface area contributed by atoms with Gasteiger partial charge in [-0.25, -0.2) is 4.98 Å². The van der Waals surface area contributed by atoms with Gasteiger partial charge in [0.25, 0.3) is 0 Å². The highest BCUT2D eigenvalue weighted by molar-refractivity contribution is 8.00. The lowest BCUT2D eigenvalue weighted by Gasteiger charge is -2.20. The summed E-state index contributed by atoms with van der Waals surface area (Å²) in [5.74, 6) is 0.973. The van der Waals surface area contributed by atoms with Crippen molar-refractivity contribution in [2.75, 3.05) is 20.2 Å². The van der Waals surface area contributed by atoms with Crippen LogP contribution in [0.25, 0.3) is 16.9 Å². The molecule has 0 bridgehead atoms. The number of hydrogen-bond donors (Lipinski definition) is 0. The molecule has 0 N–H and O–H groups in total. The summed E-state index contributed by atoms with van der Waals surface area (Å²) < 4.78 is 7.53. The van der Waals surface area contributed by atoms with E-state index >= 15 is 0 Å². The highest BCUT2D eigenvalue weighted by Crippen LogP contribution is 2.33. The Bertz CT molecular complexity index is 981. The molecule has 1 aliphatic heterocycles. The lowest BCUT2D eigenvalue weighted by Crippen LogP contribution is -2.34. The smallest absolute Gasteiger partial charge is 0.235 e. The Balaban J connectivity index is 1.71. The molecule has 1 unspecified atom stereocenters. The Hall–Kier alpha value is -2.73. The number of hydrogen-bond acceptors (Lipinski definition) is 4. The number of nitrogens with zero attached hydrogens (tertiary/aromatic N) is 3. The molecule has 3 aromatic rings. The maximum Gasteiger partial charge on any atom is 0.235 e. The van der Waals surface area contributed by atoms with Crippen LogP contribution in [0.2, 0.25) is 0 Å². The van der Waals surface area contributed by atoms with Gasteiger partial charge in [-0.05, 0) is 31.9 Å². The Morgan fingerprint density at radius 3 is 2.59 bits per heavy atom. The first-order valence-corrected chi connectivity index (χ1v) is 10.8. The van der Waals surface area contributed by atoms with Crippen molar-refractivity contribution in [2.24, 2.45) is 0 Å². The van der Waals surface area contributed by atoms with Crippen molar-refractivity contribution in [2.45, 2.75) is 30.2 Å². The van der Waals surface area contributed by atoms with E-state index in [1.54, 1.807) is 7.11 Å². The minimum absolute atomic E-state index is 0.189. The molecule has 5 nitrogen and oxygen atoms in total. The van der Waals surface area contributed by atoms with E-state index in [2.05, 4.69) is 21.7 Å². The Morgan fingerprint density at radius 1 is 1.10 bits per heavy atom. The highest BCUT2D eigenvalue weighted by Gasteiger charge is 2.26. The van der Waals surface area contributed by atoms with Gasteiger partial charge in [-0.15, -0.1) is 0 Å². The van der Waals surface area contributed by atoms with Gasteiger partial charge >= 0.3 is 0 Å². The molecule has 1 atom stereocenters. The molecular formula is C23H25N3O2S. The number of aromatic nitrogens is 2. The molecule has 0 saturated carbocycles. The zero-order valence-electron chi connectivity index (χ0n) is 16.7. The second-order valence-corrected chi connectivity index (χ2v) is 8.43. The van der Waals surface area contributed by atoms with Gasteiger partial charge < -0.3 is 9.64 Å². The standard InChI is InChI=1S/C23H25N3O2S/c1-17(22(27)25-13-6-7-14-25)29-23-24-16-21(18-9-4-3-5-10-18)26(23)19-11-8-12-20(15-19)28-2/h3-5,8-12,15-17H,6-7,13-14H2,1-2H3. The quantitative estimate of drug-likeness (QED) is 0.558. The number of carbonyl (C=O) groups excluding carboxylic acids is 1. The molecule has 1 amide bonds. The van der Waals surface area contributed by atoms with E-state index in [-0.39, 0.29) is 11.2 Å². The summed E-state index contributed by atoms with van der Waals surface area (Å²) in [5.41, 5.74) is 3.03. The van der Waals surface area contributed by atoms with Crippen LogP contribution in [0.3, 0.4) is 0 Å². The number of rotatable bonds is 6. The summed E-state index contributed by atoms with van der Waals surface area (Å²) in [6, 6.07) is 18.1. The van der Waals surface area contributed by atoms with Crippen LogP contribution in [-0.4, -0.2) is 45.8 Å². The zero-order valence-corrected chi connectivity index (χ0v) is 17.6. The monoisotopic (exact) mass is 407 g/mol. The van der Waals surface area contributed by atoms with Crippen LogP contribution in [-0.2, 0) is 4.79 Å². The third-order valence-corrected chi connectivity index (χ3v) is 6.21. The van der Waals surface area contributed by atoms with Gasteiger partial charge in [0.15, 0.2) is 5.16 Å².